The predicted molar refractivity (Wildman–Crippen MR) is 50.5 cm³/mol. The van der Waals surface area contributed by atoms with Crippen molar-refractivity contribution in [2.45, 2.75) is 6.92 Å². The Morgan fingerprint density at radius 3 is 2.83 bits per heavy atom. The molecule has 1 aromatic carbocycles. The maximum Gasteiger partial charge on any atom is 0.111 e. The first-order valence-corrected chi connectivity index (χ1v) is 4.16. The molecule has 0 aliphatic rings. The summed E-state index contributed by atoms with van der Waals surface area (Å²) in [5.74, 6) is 0. The third-order valence-electron chi connectivity index (χ3n) is 2.11. The highest BCUT2D eigenvalue weighted by Gasteiger charge is 2.05. The van der Waals surface area contributed by atoms with Gasteiger partial charge in [0.1, 0.15) is 5.52 Å². The van der Waals surface area contributed by atoms with Crippen molar-refractivity contribution in [1.82, 2.24) is 9.78 Å². The van der Waals surface area contributed by atoms with Gasteiger partial charge in [-0.25, -0.2) is 0 Å². The van der Waals surface area contributed by atoms with E-state index in [4.69, 9.17) is 11.6 Å². The molecule has 3 heteroatoms. The van der Waals surface area contributed by atoms with Gasteiger partial charge in [0.25, 0.3) is 0 Å². The Balaban J connectivity index is 2.95. The number of rotatable bonds is 0. The summed E-state index contributed by atoms with van der Waals surface area (Å²) in [6.45, 7) is 2.03. The number of aromatic nitrogens is 2. The summed E-state index contributed by atoms with van der Waals surface area (Å²) in [5.41, 5.74) is 2.03. The number of aryl methyl sites for hydroxylation is 2. The van der Waals surface area contributed by atoms with Crippen molar-refractivity contribution in [3.05, 3.63) is 28.9 Å². The molecule has 62 valence electrons. The third-order valence-corrected chi connectivity index (χ3v) is 2.42. The van der Waals surface area contributed by atoms with Crippen molar-refractivity contribution in [3.8, 4) is 0 Å². The van der Waals surface area contributed by atoms with Crippen LogP contribution < -0.4 is 0 Å². The third kappa shape index (κ3) is 0.916. The summed E-state index contributed by atoms with van der Waals surface area (Å²) in [4.78, 5) is 0. The normalized spacial score (nSPS) is 10.9. The molecule has 12 heavy (non-hydrogen) atoms. The number of fused-ring (bicyclic) bond motifs is 1. The minimum Gasteiger partial charge on any atom is -0.272 e. The SMILES string of the molecule is Cc1c2cccc(Cl)c2nn1C. The lowest BCUT2D eigenvalue weighted by Gasteiger charge is -1.91. The van der Waals surface area contributed by atoms with E-state index in [9.17, 15) is 0 Å². The molecule has 0 bridgehead atoms. The summed E-state index contributed by atoms with van der Waals surface area (Å²) in [7, 11) is 1.92. The number of benzene rings is 1. The van der Waals surface area contributed by atoms with E-state index in [2.05, 4.69) is 5.10 Å². The van der Waals surface area contributed by atoms with Gasteiger partial charge >= 0.3 is 0 Å². The Labute approximate surface area is 75.8 Å². The van der Waals surface area contributed by atoms with Crippen LogP contribution in [0, 0.1) is 6.92 Å². The van der Waals surface area contributed by atoms with Gasteiger partial charge in [0, 0.05) is 18.1 Å². The Morgan fingerprint density at radius 2 is 2.17 bits per heavy atom. The fourth-order valence-electron chi connectivity index (χ4n) is 1.31. The van der Waals surface area contributed by atoms with Gasteiger partial charge in [0.15, 0.2) is 0 Å². The molecule has 0 fully saturated rings. The molecule has 0 radical (unpaired) electrons. The average molecular weight is 181 g/mol. The highest BCUT2D eigenvalue weighted by molar-refractivity contribution is 6.35. The van der Waals surface area contributed by atoms with Gasteiger partial charge in [0.05, 0.1) is 5.02 Å². The second-order valence-electron chi connectivity index (χ2n) is 2.85. The zero-order chi connectivity index (χ0) is 8.72. The Hall–Kier alpha value is -1.02. The molecule has 1 heterocycles. The highest BCUT2D eigenvalue weighted by atomic mass is 35.5. The monoisotopic (exact) mass is 180 g/mol. The molecule has 0 saturated heterocycles. The Morgan fingerprint density at radius 1 is 1.42 bits per heavy atom. The van der Waals surface area contributed by atoms with E-state index in [1.807, 2.05) is 36.9 Å². The molecule has 0 unspecified atom stereocenters. The summed E-state index contributed by atoms with van der Waals surface area (Å²) in [5, 5.41) is 6.15. The van der Waals surface area contributed by atoms with Gasteiger partial charge in [-0.2, -0.15) is 5.10 Å². The molecule has 2 rings (SSSR count). The maximum atomic E-state index is 5.97. The summed E-state index contributed by atoms with van der Waals surface area (Å²) >= 11 is 5.97. The quantitative estimate of drug-likeness (QED) is 0.609. The number of nitrogens with zero attached hydrogens (tertiary/aromatic N) is 2. The van der Waals surface area contributed by atoms with E-state index < -0.39 is 0 Å². The van der Waals surface area contributed by atoms with Crippen LogP contribution in [0.1, 0.15) is 5.69 Å². The van der Waals surface area contributed by atoms with Crippen molar-refractivity contribution in [2.75, 3.05) is 0 Å². The van der Waals surface area contributed by atoms with Crippen molar-refractivity contribution >= 4 is 22.5 Å². The van der Waals surface area contributed by atoms with Gasteiger partial charge in [-0.3, -0.25) is 4.68 Å². The van der Waals surface area contributed by atoms with Crippen LogP contribution in [0.25, 0.3) is 10.9 Å². The molecule has 0 spiro atoms. The van der Waals surface area contributed by atoms with E-state index >= 15 is 0 Å². The van der Waals surface area contributed by atoms with Gasteiger partial charge in [0.2, 0.25) is 0 Å². The molecular weight excluding hydrogens is 172 g/mol. The van der Waals surface area contributed by atoms with Crippen LogP contribution in [0.4, 0.5) is 0 Å². The van der Waals surface area contributed by atoms with E-state index in [0.29, 0.717) is 0 Å². The highest BCUT2D eigenvalue weighted by Crippen LogP contribution is 2.23. The van der Waals surface area contributed by atoms with Crippen molar-refractivity contribution in [2.24, 2.45) is 7.05 Å². The summed E-state index contributed by atoms with van der Waals surface area (Å²) in [6, 6.07) is 5.83. The van der Waals surface area contributed by atoms with E-state index in [-0.39, 0.29) is 0 Å². The standard InChI is InChI=1S/C9H9ClN2/c1-6-7-4-3-5-8(10)9(7)11-12(6)2/h3-5H,1-2H3. The molecule has 0 aliphatic carbocycles. The lowest BCUT2D eigenvalue weighted by atomic mass is 10.2. The molecule has 2 aromatic rings. The van der Waals surface area contributed by atoms with Gasteiger partial charge in [-0.1, -0.05) is 23.7 Å². The fourth-order valence-corrected chi connectivity index (χ4v) is 1.52. The second kappa shape index (κ2) is 2.49. The number of hydrogen-bond donors (Lipinski definition) is 0. The van der Waals surface area contributed by atoms with Gasteiger partial charge in [-0.15, -0.1) is 0 Å². The lowest BCUT2D eigenvalue weighted by molar-refractivity contribution is 0.751. The fraction of sp³-hybridized carbons (Fsp3) is 0.222. The van der Waals surface area contributed by atoms with Crippen molar-refractivity contribution in [3.63, 3.8) is 0 Å². The number of hydrogen-bond acceptors (Lipinski definition) is 1. The van der Waals surface area contributed by atoms with Gasteiger partial charge in [-0.05, 0) is 13.0 Å². The molecule has 0 atom stereocenters. The molecule has 1 aromatic heterocycles. The first-order chi connectivity index (χ1) is 5.70. The largest absolute Gasteiger partial charge is 0.272 e. The summed E-state index contributed by atoms with van der Waals surface area (Å²) < 4.78 is 1.84. The lowest BCUT2D eigenvalue weighted by Crippen LogP contribution is -1.91. The topological polar surface area (TPSA) is 17.8 Å². The minimum atomic E-state index is 0.719. The first kappa shape index (κ1) is 7.62. The molecular formula is C9H9ClN2. The first-order valence-electron chi connectivity index (χ1n) is 3.78. The molecule has 0 saturated carbocycles. The molecule has 0 N–H and O–H groups in total. The average Bonchev–Trinajstić information content (AvgIpc) is 2.32. The van der Waals surface area contributed by atoms with Crippen molar-refractivity contribution in [1.29, 1.82) is 0 Å². The maximum absolute atomic E-state index is 5.97. The second-order valence-corrected chi connectivity index (χ2v) is 3.25. The van der Waals surface area contributed by atoms with Crippen LogP contribution in [0.2, 0.25) is 5.02 Å². The van der Waals surface area contributed by atoms with Crippen LogP contribution in [-0.2, 0) is 7.05 Å². The molecule has 2 nitrogen and oxygen atoms in total. The Bertz CT molecular complexity index is 431. The molecule has 0 amide bonds. The van der Waals surface area contributed by atoms with E-state index in [1.165, 1.54) is 0 Å². The minimum absolute atomic E-state index is 0.719. The molecule has 0 aliphatic heterocycles. The predicted octanol–water partition coefficient (Wildman–Crippen LogP) is 2.54. The van der Waals surface area contributed by atoms with Crippen molar-refractivity contribution < 1.29 is 0 Å². The zero-order valence-electron chi connectivity index (χ0n) is 7.00. The van der Waals surface area contributed by atoms with Crippen LogP contribution in [-0.4, -0.2) is 9.78 Å². The summed E-state index contributed by atoms with van der Waals surface area (Å²) in [6.07, 6.45) is 0. The van der Waals surface area contributed by atoms with Gasteiger partial charge < -0.3 is 0 Å². The van der Waals surface area contributed by atoms with Crippen LogP contribution in [0.5, 0.6) is 0 Å². The van der Waals surface area contributed by atoms with Crippen LogP contribution >= 0.6 is 11.6 Å². The number of halogens is 1. The van der Waals surface area contributed by atoms with E-state index in [0.717, 1.165) is 21.6 Å². The van der Waals surface area contributed by atoms with Crippen LogP contribution in [0.3, 0.4) is 0 Å². The Kier molecular flexibility index (Phi) is 1.58. The smallest absolute Gasteiger partial charge is 0.111 e. The van der Waals surface area contributed by atoms with E-state index in [1.54, 1.807) is 0 Å². The zero-order valence-corrected chi connectivity index (χ0v) is 7.76. The van der Waals surface area contributed by atoms with Crippen LogP contribution in [0.15, 0.2) is 18.2 Å².